The molecule has 0 atom stereocenters. The molecule has 0 fully saturated rings. The number of hydrogen-bond donors (Lipinski definition) is 2. The second kappa shape index (κ2) is 9.80. The van der Waals surface area contributed by atoms with Crippen molar-refractivity contribution in [1.82, 2.24) is 15.0 Å². The monoisotopic (exact) mass is 463 g/mol. The molecule has 0 aliphatic carbocycles. The smallest absolute Gasteiger partial charge is 0.365 e. The zero-order valence-electron chi connectivity index (χ0n) is 17.8. The lowest BCUT2D eigenvalue weighted by Crippen LogP contribution is -2.32. The van der Waals surface area contributed by atoms with Gasteiger partial charge >= 0.3 is 6.18 Å². The molecule has 0 aliphatic rings. The number of pyridine rings is 1. The summed E-state index contributed by atoms with van der Waals surface area (Å²) in [5.41, 5.74) is -0.912. The lowest BCUT2D eigenvalue weighted by Gasteiger charge is -2.23. The molecule has 0 bridgehead atoms. The molecule has 0 unspecified atom stereocenters. The maximum atomic E-state index is 14.3. The zero-order valence-corrected chi connectivity index (χ0v) is 17.8. The van der Waals surface area contributed by atoms with Crippen molar-refractivity contribution in [3.8, 4) is 0 Å². The molecule has 174 valence electrons. The summed E-state index contributed by atoms with van der Waals surface area (Å²) in [6.45, 7) is 2.47. The molecule has 2 N–H and O–H groups in total. The Hall–Kier alpha value is -3.76. The molecule has 33 heavy (non-hydrogen) atoms. The summed E-state index contributed by atoms with van der Waals surface area (Å²) in [6.07, 6.45) is -2.53. The van der Waals surface area contributed by atoms with Crippen LogP contribution in [0.5, 0.6) is 0 Å². The molecule has 2 heterocycles. The van der Waals surface area contributed by atoms with Crippen molar-refractivity contribution >= 4 is 17.5 Å². The first kappa shape index (κ1) is 23.9. The number of hydrogen-bond acceptors (Lipinski definition) is 5. The molecule has 7 nitrogen and oxygen atoms in total. The number of anilines is 2. The van der Waals surface area contributed by atoms with E-state index in [4.69, 9.17) is 0 Å². The van der Waals surface area contributed by atoms with Gasteiger partial charge in [0.1, 0.15) is 5.82 Å². The summed E-state index contributed by atoms with van der Waals surface area (Å²) in [6, 6.07) is 7.41. The number of carbonyl (C=O) groups is 1. The van der Waals surface area contributed by atoms with Gasteiger partial charge in [-0.15, -0.1) is 0 Å². The first-order chi connectivity index (χ1) is 15.6. The van der Waals surface area contributed by atoms with E-state index >= 15 is 0 Å². The Kier molecular flexibility index (Phi) is 7.10. The fraction of sp³-hybridized carbons (Fsp3) is 0.273. The van der Waals surface area contributed by atoms with Gasteiger partial charge in [-0.2, -0.15) is 13.2 Å². The predicted octanol–water partition coefficient (Wildman–Crippen LogP) is 3.84. The summed E-state index contributed by atoms with van der Waals surface area (Å²) in [5.74, 6) is -1.57. The summed E-state index contributed by atoms with van der Waals surface area (Å²) < 4.78 is 53.4. The number of halogens is 4. The Morgan fingerprint density at radius 2 is 1.97 bits per heavy atom. The van der Waals surface area contributed by atoms with Crippen LogP contribution in [0.4, 0.5) is 29.2 Å². The molecular formula is C22H21F4N5O2. The zero-order chi connectivity index (χ0) is 24.2. The van der Waals surface area contributed by atoms with E-state index in [0.717, 1.165) is 10.6 Å². The number of benzene rings is 1. The van der Waals surface area contributed by atoms with Crippen LogP contribution in [0.15, 0.2) is 47.4 Å². The molecule has 0 saturated heterocycles. The van der Waals surface area contributed by atoms with E-state index in [9.17, 15) is 27.2 Å². The lowest BCUT2D eigenvalue weighted by molar-refractivity contribution is -0.137. The first-order valence-corrected chi connectivity index (χ1v) is 9.94. The van der Waals surface area contributed by atoms with Crippen LogP contribution in [0.3, 0.4) is 0 Å². The molecular weight excluding hydrogens is 442 g/mol. The molecule has 0 saturated carbocycles. The molecule has 1 amide bonds. The van der Waals surface area contributed by atoms with Crippen molar-refractivity contribution in [1.29, 1.82) is 0 Å². The van der Waals surface area contributed by atoms with E-state index < -0.39 is 35.6 Å². The number of rotatable bonds is 7. The highest BCUT2D eigenvalue weighted by molar-refractivity contribution is 5.91. The van der Waals surface area contributed by atoms with Crippen LogP contribution >= 0.6 is 0 Å². The van der Waals surface area contributed by atoms with Crippen molar-refractivity contribution < 1.29 is 22.4 Å². The third-order valence-electron chi connectivity index (χ3n) is 4.81. The summed E-state index contributed by atoms with van der Waals surface area (Å²) in [5, 5.41) is 2.87. The summed E-state index contributed by atoms with van der Waals surface area (Å²) >= 11 is 0. The maximum Gasteiger partial charge on any atom is 0.416 e. The van der Waals surface area contributed by atoms with E-state index in [1.807, 2.05) is 12.1 Å². The van der Waals surface area contributed by atoms with Gasteiger partial charge < -0.3 is 10.3 Å². The van der Waals surface area contributed by atoms with Gasteiger partial charge in [-0.05, 0) is 37.3 Å². The van der Waals surface area contributed by atoms with Crippen molar-refractivity contribution in [2.75, 3.05) is 16.8 Å². The summed E-state index contributed by atoms with van der Waals surface area (Å²) in [7, 11) is 0. The topological polar surface area (TPSA) is 91.0 Å². The number of nitrogens with one attached hydrogen (secondary N) is 2. The van der Waals surface area contributed by atoms with Crippen LogP contribution in [0.25, 0.3) is 0 Å². The van der Waals surface area contributed by atoms with Crippen LogP contribution in [0, 0.1) is 12.7 Å². The number of H-pyrrole nitrogens is 1. The molecule has 0 aliphatic heterocycles. The maximum absolute atomic E-state index is 14.3. The van der Waals surface area contributed by atoms with Gasteiger partial charge in [0.05, 0.1) is 17.8 Å². The summed E-state index contributed by atoms with van der Waals surface area (Å²) in [4.78, 5) is 36.6. The molecule has 2 aromatic heterocycles. The molecule has 3 rings (SSSR count). The number of amides is 1. The average Bonchev–Trinajstić information content (AvgIpc) is 2.75. The third-order valence-corrected chi connectivity index (χ3v) is 4.81. The van der Waals surface area contributed by atoms with E-state index in [2.05, 4.69) is 20.3 Å². The average molecular weight is 463 g/mol. The van der Waals surface area contributed by atoms with Crippen LogP contribution in [0.1, 0.15) is 29.4 Å². The molecule has 0 spiro atoms. The quantitative estimate of drug-likeness (QED) is 0.520. The van der Waals surface area contributed by atoms with Crippen LogP contribution in [-0.2, 0) is 23.9 Å². The number of carbonyl (C=O) groups excluding carboxylic acids is 1. The fourth-order valence-electron chi connectivity index (χ4n) is 3.14. The van der Waals surface area contributed by atoms with Crippen molar-refractivity contribution in [2.24, 2.45) is 0 Å². The minimum Gasteiger partial charge on any atom is -0.365 e. The largest absolute Gasteiger partial charge is 0.416 e. The van der Waals surface area contributed by atoms with E-state index in [0.29, 0.717) is 31.2 Å². The number of aryl methyl sites for hydroxylation is 1. The van der Waals surface area contributed by atoms with Gasteiger partial charge in [0.15, 0.2) is 11.6 Å². The Morgan fingerprint density at radius 1 is 1.21 bits per heavy atom. The normalized spacial score (nSPS) is 11.3. The number of nitrogens with zero attached hydrogens (tertiary/aromatic N) is 3. The highest BCUT2D eigenvalue weighted by Crippen LogP contribution is 2.31. The van der Waals surface area contributed by atoms with Crippen LogP contribution < -0.4 is 15.8 Å². The molecule has 11 heteroatoms. The number of alkyl halides is 3. The fourth-order valence-corrected chi connectivity index (χ4v) is 3.14. The minimum atomic E-state index is -4.67. The Labute approximate surface area is 186 Å². The van der Waals surface area contributed by atoms with Crippen molar-refractivity contribution in [2.45, 2.75) is 33.0 Å². The first-order valence-electron chi connectivity index (χ1n) is 9.94. The minimum absolute atomic E-state index is 0.000696. The third kappa shape index (κ3) is 5.93. The van der Waals surface area contributed by atoms with E-state index in [-0.39, 0.29) is 22.9 Å². The second-order valence-electron chi connectivity index (χ2n) is 7.27. The number of aromatic nitrogens is 3. The Morgan fingerprint density at radius 3 is 2.61 bits per heavy atom. The Balaban J connectivity index is 1.88. The van der Waals surface area contributed by atoms with Gasteiger partial charge in [-0.1, -0.05) is 6.07 Å². The number of aromatic amines is 1. The van der Waals surface area contributed by atoms with Crippen LogP contribution in [0.2, 0.25) is 0 Å². The highest BCUT2D eigenvalue weighted by atomic mass is 19.4. The van der Waals surface area contributed by atoms with Gasteiger partial charge in [-0.3, -0.25) is 19.5 Å². The lowest BCUT2D eigenvalue weighted by atomic mass is 10.1. The van der Waals surface area contributed by atoms with Crippen molar-refractivity contribution in [3.63, 3.8) is 0 Å². The van der Waals surface area contributed by atoms with Crippen molar-refractivity contribution in [3.05, 3.63) is 81.3 Å². The molecule has 0 radical (unpaired) electrons. The van der Waals surface area contributed by atoms with Gasteiger partial charge in [0.2, 0.25) is 5.91 Å². The molecule has 3 aromatic rings. The van der Waals surface area contributed by atoms with E-state index in [1.54, 1.807) is 12.3 Å². The van der Waals surface area contributed by atoms with Gasteiger partial charge in [0.25, 0.3) is 5.56 Å². The highest BCUT2D eigenvalue weighted by Gasteiger charge is 2.31. The van der Waals surface area contributed by atoms with Crippen LogP contribution in [-0.4, -0.2) is 27.4 Å². The van der Waals surface area contributed by atoms with Gasteiger partial charge in [-0.25, -0.2) is 9.37 Å². The standard InChI is InChI=1S/C22H21F4N5O2/c1-13-20(30-19(21(33)29-13)28-10-8-17-5-3-4-9-27-17)31(14(2)32)12-15-11-16(22(24,25)26)6-7-18(15)23/h3-7,9,11H,8,10,12H2,1-2H3,(H,28,30)(H,29,33). The van der Waals surface area contributed by atoms with E-state index in [1.165, 1.54) is 13.8 Å². The second-order valence-corrected chi connectivity index (χ2v) is 7.27. The Bertz CT molecular complexity index is 1200. The predicted molar refractivity (Wildman–Crippen MR) is 114 cm³/mol. The van der Waals surface area contributed by atoms with Gasteiger partial charge in [0, 0.05) is 37.3 Å². The SMILES string of the molecule is CC(=O)N(Cc1cc(C(F)(F)F)ccc1F)c1nc(NCCc2ccccn2)c(=O)[nH]c1C. The molecule has 1 aromatic carbocycles.